The van der Waals surface area contributed by atoms with Gasteiger partial charge in [0.05, 0.1) is 18.7 Å². The van der Waals surface area contributed by atoms with Gasteiger partial charge in [-0.3, -0.25) is 0 Å². The van der Waals surface area contributed by atoms with Gasteiger partial charge in [0.1, 0.15) is 11.8 Å². The van der Waals surface area contributed by atoms with Crippen LogP contribution in [0.25, 0.3) is 0 Å². The largest absolute Gasteiger partial charge is 0.495 e. The minimum Gasteiger partial charge on any atom is -0.495 e. The van der Waals surface area contributed by atoms with Crippen LogP contribution in [0.5, 0.6) is 5.75 Å². The van der Waals surface area contributed by atoms with Crippen LogP contribution in [0.2, 0.25) is 5.02 Å². The van der Waals surface area contributed by atoms with Gasteiger partial charge in [0.15, 0.2) is 0 Å². The Bertz CT molecular complexity index is 321. The van der Waals surface area contributed by atoms with E-state index in [0.717, 1.165) is 5.75 Å². The van der Waals surface area contributed by atoms with E-state index in [-0.39, 0.29) is 0 Å². The molecule has 1 aliphatic heterocycles. The normalized spacial score (nSPS) is 21.1. The van der Waals surface area contributed by atoms with Crippen molar-refractivity contribution in [2.45, 2.75) is 18.9 Å². The fourth-order valence-corrected chi connectivity index (χ4v) is 2.26. The van der Waals surface area contributed by atoms with Crippen molar-refractivity contribution in [3.63, 3.8) is 0 Å². The second-order valence-corrected chi connectivity index (χ2v) is 4.07. The summed E-state index contributed by atoms with van der Waals surface area (Å²) in [5.74, 6) is 0.758. The highest BCUT2D eigenvalue weighted by atomic mass is 35.5. The van der Waals surface area contributed by atoms with Gasteiger partial charge in [-0.1, -0.05) is 11.6 Å². The minimum absolute atomic E-state index is 0.596. The van der Waals surface area contributed by atoms with Crippen LogP contribution in [0.4, 0.5) is 0 Å². The topological polar surface area (TPSA) is 25.8 Å². The van der Waals surface area contributed by atoms with Crippen molar-refractivity contribution >= 4 is 11.6 Å². The molecule has 1 saturated heterocycles. The van der Waals surface area contributed by atoms with Crippen LogP contribution < -0.4 is 10.1 Å². The van der Waals surface area contributed by atoms with Crippen molar-refractivity contribution in [1.82, 2.24) is 0 Å². The highest BCUT2D eigenvalue weighted by molar-refractivity contribution is 6.32. The first-order valence-corrected chi connectivity index (χ1v) is 5.36. The quantitative estimate of drug-likeness (QED) is 0.794. The number of ether oxygens (including phenoxy) is 1. The fourth-order valence-electron chi connectivity index (χ4n) is 1.99. The van der Waals surface area contributed by atoms with Gasteiger partial charge in [-0.25, -0.2) is 0 Å². The maximum atomic E-state index is 6.07. The number of nitrogens with two attached hydrogens (primary N) is 1. The number of halogens is 1. The Labute approximate surface area is 89.2 Å². The van der Waals surface area contributed by atoms with Crippen molar-refractivity contribution in [2.24, 2.45) is 0 Å². The Hall–Kier alpha value is -0.730. The molecule has 0 radical (unpaired) electrons. The van der Waals surface area contributed by atoms with Crippen LogP contribution in [0.15, 0.2) is 18.2 Å². The molecule has 0 aliphatic carbocycles. The maximum absolute atomic E-state index is 6.07. The molecule has 1 fully saturated rings. The first-order chi connectivity index (χ1) is 6.81. The predicted octanol–water partition coefficient (Wildman–Crippen LogP) is 1.75. The Morgan fingerprint density at radius 2 is 2.36 bits per heavy atom. The third-order valence-electron chi connectivity index (χ3n) is 2.77. The molecule has 0 bridgehead atoms. The molecule has 1 aromatic rings. The van der Waals surface area contributed by atoms with E-state index < -0.39 is 0 Å². The number of methoxy groups -OCH3 is 1. The van der Waals surface area contributed by atoms with Gasteiger partial charge in [-0.2, -0.15) is 0 Å². The summed E-state index contributed by atoms with van der Waals surface area (Å²) >= 11 is 6.07. The lowest BCUT2D eigenvalue weighted by atomic mass is 10.1. The SMILES string of the molecule is COc1ccc([C@@H]2CCC[NH2+]2)cc1Cl. The van der Waals surface area contributed by atoms with Crippen LogP contribution in [0, 0.1) is 0 Å². The molecule has 0 saturated carbocycles. The Balaban J connectivity index is 2.23. The zero-order valence-electron chi connectivity index (χ0n) is 8.29. The summed E-state index contributed by atoms with van der Waals surface area (Å²) in [4.78, 5) is 0. The highest BCUT2D eigenvalue weighted by Gasteiger charge is 2.20. The van der Waals surface area contributed by atoms with Crippen molar-refractivity contribution < 1.29 is 10.1 Å². The van der Waals surface area contributed by atoms with Crippen molar-refractivity contribution in [3.8, 4) is 5.75 Å². The zero-order chi connectivity index (χ0) is 9.97. The van der Waals surface area contributed by atoms with Gasteiger partial charge in [-0.15, -0.1) is 0 Å². The molecule has 1 aliphatic rings. The van der Waals surface area contributed by atoms with Gasteiger partial charge >= 0.3 is 0 Å². The van der Waals surface area contributed by atoms with Crippen molar-refractivity contribution in [1.29, 1.82) is 0 Å². The molecule has 1 aromatic carbocycles. The Kier molecular flexibility index (Phi) is 2.94. The zero-order valence-corrected chi connectivity index (χ0v) is 9.05. The lowest BCUT2D eigenvalue weighted by Gasteiger charge is -2.09. The van der Waals surface area contributed by atoms with Crippen LogP contribution in [-0.4, -0.2) is 13.7 Å². The first-order valence-electron chi connectivity index (χ1n) is 4.98. The molecule has 2 rings (SSSR count). The van der Waals surface area contributed by atoms with E-state index in [0.29, 0.717) is 11.1 Å². The van der Waals surface area contributed by atoms with E-state index in [1.54, 1.807) is 7.11 Å². The number of benzene rings is 1. The molecule has 1 heterocycles. The summed E-state index contributed by atoms with van der Waals surface area (Å²) in [6, 6.07) is 6.67. The number of quaternary nitrogens is 1. The second-order valence-electron chi connectivity index (χ2n) is 3.67. The van der Waals surface area contributed by atoms with Crippen LogP contribution in [-0.2, 0) is 0 Å². The maximum Gasteiger partial charge on any atom is 0.137 e. The summed E-state index contributed by atoms with van der Waals surface area (Å²) in [6.07, 6.45) is 2.55. The second kappa shape index (κ2) is 4.20. The summed E-state index contributed by atoms with van der Waals surface area (Å²) in [6.45, 7) is 1.23. The summed E-state index contributed by atoms with van der Waals surface area (Å²) in [5, 5.41) is 3.09. The van der Waals surface area contributed by atoms with E-state index in [9.17, 15) is 0 Å². The summed E-state index contributed by atoms with van der Waals surface area (Å²) in [5.41, 5.74) is 1.31. The van der Waals surface area contributed by atoms with Crippen LogP contribution in [0.3, 0.4) is 0 Å². The van der Waals surface area contributed by atoms with Gasteiger partial charge in [0.2, 0.25) is 0 Å². The monoisotopic (exact) mass is 212 g/mol. The van der Waals surface area contributed by atoms with Crippen molar-refractivity contribution in [2.75, 3.05) is 13.7 Å². The molecule has 0 amide bonds. The average molecular weight is 213 g/mol. The van der Waals surface area contributed by atoms with Gasteiger partial charge in [0, 0.05) is 18.4 Å². The average Bonchev–Trinajstić information content (AvgIpc) is 2.70. The van der Waals surface area contributed by atoms with Crippen LogP contribution in [0.1, 0.15) is 24.4 Å². The first kappa shape index (κ1) is 9.81. The number of hydrogen-bond acceptors (Lipinski definition) is 1. The van der Waals surface area contributed by atoms with E-state index >= 15 is 0 Å². The van der Waals surface area contributed by atoms with Gasteiger partial charge in [0.25, 0.3) is 0 Å². The smallest absolute Gasteiger partial charge is 0.137 e. The van der Waals surface area contributed by atoms with E-state index in [1.165, 1.54) is 24.9 Å². The van der Waals surface area contributed by atoms with Gasteiger partial charge < -0.3 is 10.1 Å². The van der Waals surface area contributed by atoms with Crippen molar-refractivity contribution in [3.05, 3.63) is 28.8 Å². The van der Waals surface area contributed by atoms with E-state index in [2.05, 4.69) is 11.4 Å². The number of rotatable bonds is 2. The fraction of sp³-hybridized carbons (Fsp3) is 0.455. The molecule has 76 valence electrons. The Morgan fingerprint density at radius 3 is 2.93 bits per heavy atom. The molecule has 0 aromatic heterocycles. The Morgan fingerprint density at radius 1 is 1.50 bits per heavy atom. The van der Waals surface area contributed by atoms with E-state index in [4.69, 9.17) is 16.3 Å². The van der Waals surface area contributed by atoms with Crippen LogP contribution >= 0.6 is 11.6 Å². The third-order valence-corrected chi connectivity index (χ3v) is 3.07. The molecule has 0 spiro atoms. The van der Waals surface area contributed by atoms with E-state index in [1.807, 2.05) is 12.1 Å². The lowest BCUT2D eigenvalue weighted by molar-refractivity contribution is -0.676. The summed E-state index contributed by atoms with van der Waals surface area (Å²) in [7, 11) is 1.64. The molecule has 0 unspecified atom stereocenters. The highest BCUT2D eigenvalue weighted by Crippen LogP contribution is 2.28. The minimum atomic E-state index is 0.596. The molecule has 1 atom stereocenters. The standard InChI is InChI=1S/C11H14ClNO/c1-14-11-5-4-8(7-9(11)12)10-3-2-6-13-10/h4-5,7,10,13H,2-3,6H2,1H3/p+1/t10-/m0/s1. The molecular weight excluding hydrogens is 198 g/mol. The third kappa shape index (κ3) is 1.86. The molecular formula is C11H15ClNO+. The molecule has 14 heavy (non-hydrogen) atoms. The molecule has 2 N–H and O–H groups in total. The van der Waals surface area contributed by atoms with Gasteiger partial charge in [-0.05, 0) is 18.2 Å². The predicted molar refractivity (Wildman–Crippen MR) is 56.8 cm³/mol. The summed E-state index contributed by atoms with van der Waals surface area (Å²) < 4.78 is 5.12. The number of hydrogen-bond donors (Lipinski definition) is 1. The lowest BCUT2D eigenvalue weighted by Crippen LogP contribution is -2.81. The molecule has 3 heteroatoms. The molecule has 2 nitrogen and oxygen atoms in total.